The topological polar surface area (TPSA) is 12.0 Å². The summed E-state index contributed by atoms with van der Waals surface area (Å²) in [5, 5.41) is 4.52. The quantitative estimate of drug-likeness (QED) is 0.807. The lowest BCUT2D eigenvalue weighted by Gasteiger charge is -2.32. The van der Waals surface area contributed by atoms with Crippen molar-refractivity contribution in [3.8, 4) is 0 Å². The summed E-state index contributed by atoms with van der Waals surface area (Å²) in [6.07, 6.45) is 4.96. The largest absolute Gasteiger partial charge is 0.376 e. The maximum Gasteiger partial charge on any atom is 0.0625 e. The van der Waals surface area contributed by atoms with Gasteiger partial charge in [0.1, 0.15) is 0 Å². The third-order valence-corrected chi connectivity index (χ3v) is 4.26. The molecular formula is C17H18ClN. The Bertz CT molecular complexity index is 527. The summed E-state index contributed by atoms with van der Waals surface area (Å²) in [6.45, 7) is 0. The van der Waals surface area contributed by atoms with Gasteiger partial charge in [-0.25, -0.2) is 0 Å². The molecule has 0 amide bonds. The molecule has 1 N–H and O–H groups in total. The van der Waals surface area contributed by atoms with E-state index in [0.717, 1.165) is 10.7 Å². The van der Waals surface area contributed by atoms with Crippen molar-refractivity contribution in [2.24, 2.45) is 0 Å². The van der Waals surface area contributed by atoms with Gasteiger partial charge in [-0.3, -0.25) is 0 Å². The maximum atomic E-state index is 5.95. The van der Waals surface area contributed by atoms with E-state index in [4.69, 9.17) is 11.6 Å². The first kappa shape index (κ1) is 12.6. The van der Waals surface area contributed by atoms with Gasteiger partial charge in [-0.05, 0) is 42.7 Å². The van der Waals surface area contributed by atoms with E-state index >= 15 is 0 Å². The molecule has 0 unspecified atom stereocenters. The van der Waals surface area contributed by atoms with Crippen LogP contribution in [-0.2, 0) is 5.54 Å². The molecule has 0 heterocycles. The van der Waals surface area contributed by atoms with Crippen LogP contribution in [0.2, 0.25) is 5.02 Å². The normalized spacial score (nSPS) is 17.3. The van der Waals surface area contributed by atoms with E-state index in [1.165, 1.54) is 31.2 Å². The summed E-state index contributed by atoms with van der Waals surface area (Å²) in [4.78, 5) is 0. The molecule has 1 saturated carbocycles. The van der Waals surface area contributed by atoms with Crippen LogP contribution in [0, 0.1) is 0 Å². The van der Waals surface area contributed by atoms with Crippen LogP contribution >= 0.6 is 11.6 Å². The van der Waals surface area contributed by atoms with E-state index < -0.39 is 0 Å². The van der Waals surface area contributed by atoms with Crippen molar-refractivity contribution in [2.45, 2.75) is 31.2 Å². The molecule has 2 heteroatoms. The first-order chi connectivity index (χ1) is 9.28. The average Bonchev–Trinajstić information content (AvgIpc) is 2.92. The zero-order chi connectivity index (χ0) is 13.1. The molecule has 0 bridgehead atoms. The highest BCUT2D eigenvalue weighted by atomic mass is 35.5. The Kier molecular flexibility index (Phi) is 3.48. The molecule has 19 heavy (non-hydrogen) atoms. The molecule has 1 nitrogen and oxygen atoms in total. The minimum atomic E-state index is 0.0924. The van der Waals surface area contributed by atoms with Gasteiger partial charge in [-0.15, -0.1) is 0 Å². The zero-order valence-electron chi connectivity index (χ0n) is 10.9. The van der Waals surface area contributed by atoms with Crippen LogP contribution in [0.5, 0.6) is 0 Å². The summed E-state index contributed by atoms with van der Waals surface area (Å²) in [5.41, 5.74) is 2.63. The molecule has 2 aromatic carbocycles. The van der Waals surface area contributed by atoms with Gasteiger partial charge in [-0.2, -0.15) is 0 Å². The number of hydrogen-bond donors (Lipinski definition) is 1. The van der Waals surface area contributed by atoms with Crippen LogP contribution in [0.15, 0.2) is 54.6 Å². The number of benzene rings is 2. The fourth-order valence-electron chi connectivity index (χ4n) is 3.03. The number of hydrogen-bond acceptors (Lipinski definition) is 1. The summed E-state index contributed by atoms with van der Waals surface area (Å²) in [7, 11) is 0. The molecule has 3 rings (SSSR count). The minimum Gasteiger partial charge on any atom is -0.376 e. The molecule has 0 atom stereocenters. The van der Waals surface area contributed by atoms with E-state index in [-0.39, 0.29) is 5.54 Å². The summed E-state index contributed by atoms with van der Waals surface area (Å²) < 4.78 is 0. The fourth-order valence-corrected chi connectivity index (χ4v) is 3.16. The van der Waals surface area contributed by atoms with Gasteiger partial charge in [0, 0.05) is 10.7 Å². The number of rotatable bonds is 3. The summed E-state index contributed by atoms with van der Waals surface area (Å²) in [6, 6.07) is 18.8. The van der Waals surface area contributed by atoms with Crippen LogP contribution in [0.3, 0.4) is 0 Å². The second-order valence-electron chi connectivity index (χ2n) is 5.29. The molecule has 0 aliphatic heterocycles. The van der Waals surface area contributed by atoms with E-state index in [0.29, 0.717) is 0 Å². The van der Waals surface area contributed by atoms with Crippen molar-refractivity contribution in [2.75, 3.05) is 5.32 Å². The molecule has 0 radical (unpaired) electrons. The van der Waals surface area contributed by atoms with Gasteiger partial charge >= 0.3 is 0 Å². The molecule has 0 spiro atoms. The van der Waals surface area contributed by atoms with E-state index in [1.54, 1.807) is 0 Å². The van der Waals surface area contributed by atoms with Gasteiger partial charge in [0.15, 0.2) is 0 Å². The summed E-state index contributed by atoms with van der Waals surface area (Å²) >= 11 is 5.95. The van der Waals surface area contributed by atoms with Crippen molar-refractivity contribution >= 4 is 17.3 Å². The maximum absolute atomic E-state index is 5.95. The van der Waals surface area contributed by atoms with Gasteiger partial charge in [-0.1, -0.05) is 54.8 Å². The molecule has 1 aliphatic carbocycles. The highest BCUT2D eigenvalue weighted by molar-refractivity contribution is 6.30. The molecular weight excluding hydrogens is 254 g/mol. The Morgan fingerprint density at radius 2 is 1.47 bits per heavy atom. The second kappa shape index (κ2) is 5.26. The Hall–Kier alpha value is -1.47. The summed E-state index contributed by atoms with van der Waals surface area (Å²) in [5.74, 6) is 0. The first-order valence-corrected chi connectivity index (χ1v) is 7.26. The van der Waals surface area contributed by atoms with Crippen LogP contribution in [0.4, 0.5) is 5.69 Å². The molecule has 1 aliphatic rings. The standard InChI is InChI=1S/C17H18ClN/c18-15-8-10-16(11-9-15)19-17(12-4-5-13-17)14-6-2-1-3-7-14/h1-3,6-11,19H,4-5,12-13H2. The van der Waals surface area contributed by atoms with Crippen molar-refractivity contribution in [1.82, 2.24) is 0 Å². The smallest absolute Gasteiger partial charge is 0.0625 e. The first-order valence-electron chi connectivity index (χ1n) is 6.88. The minimum absolute atomic E-state index is 0.0924. The van der Waals surface area contributed by atoms with Gasteiger partial charge in [0.25, 0.3) is 0 Å². The Balaban J connectivity index is 1.91. The van der Waals surface area contributed by atoms with E-state index in [1.807, 2.05) is 12.1 Å². The van der Waals surface area contributed by atoms with Crippen molar-refractivity contribution < 1.29 is 0 Å². The fraction of sp³-hybridized carbons (Fsp3) is 0.294. The monoisotopic (exact) mass is 271 g/mol. The Morgan fingerprint density at radius 1 is 0.842 bits per heavy atom. The predicted octanol–water partition coefficient (Wildman–Crippen LogP) is 5.22. The molecule has 2 aromatic rings. The van der Waals surface area contributed by atoms with Crippen molar-refractivity contribution in [3.05, 3.63) is 65.2 Å². The van der Waals surface area contributed by atoms with Crippen molar-refractivity contribution in [3.63, 3.8) is 0 Å². The van der Waals surface area contributed by atoms with E-state index in [2.05, 4.69) is 47.8 Å². The van der Waals surface area contributed by atoms with Gasteiger partial charge in [0.05, 0.1) is 5.54 Å². The lowest BCUT2D eigenvalue weighted by Crippen LogP contribution is -2.31. The average molecular weight is 272 g/mol. The Morgan fingerprint density at radius 3 is 2.11 bits per heavy atom. The van der Waals surface area contributed by atoms with Crippen LogP contribution in [-0.4, -0.2) is 0 Å². The third kappa shape index (κ3) is 2.62. The predicted molar refractivity (Wildman–Crippen MR) is 81.7 cm³/mol. The SMILES string of the molecule is Clc1ccc(NC2(c3ccccc3)CCCC2)cc1. The van der Waals surface area contributed by atoms with E-state index in [9.17, 15) is 0 Å². The highest BCUT2D eigenvalue weighted by Gasteiger charge is 2.35. The van der Waals surface area contributed by atoms with Gasteiger partial charge in [0.2, 0.25) is 0 Å². The van der Waals surface area contributed by atoms with Crippen LogP contribution in [0.25, 0.3) is 0 Å². The van der Waals surface area contributed by atoms with Crippen molar-refractivity contribution in [1.29, 1.82) is 0 Å². The number of nitrogens with one attached hydrogen (secondary N) is 1. The highest BCUT2D eigenvalue weighted by Crippen LogP contribution is 2.41. The molecule has 1 fully saturated rings. The zero-order valence-corrected chi connectivity index (χ0v) is 11.7. The number of halogens is 1. The van der Waals surface area contributed by atoms with Crippen LogP contribution < -0.4 is 5.32 Å². The lowest BCUT2D eigenvalue weighted by molar-refractivity contribution is 0.509. The molecule has 0 aromatic heterocycles. The second-order valence-corrected chi connectivity index (χ2v) is 5.72. The molecule has 0 saturated heterocycles. The van der Waals surface area contributed by atoms with Gasteiger partial charge < -0.3 is 5.32 Å². The number of anilines is 1. The lowest BCUT2D eigenvalue weighted by atomic mass is 9.88. The molecule has 98 valence electrons. The van der Waals surface area contributed by atoms with Crippen LogP contribution in [0.1, 0.15) is 31.2 Å². The third-order valence-electron chi connectivity index (χ3n) is 4.01. The Labute approximate surface area is 119 Å².